The Kier molecular flexibility index (Phi) is 39.7. The Morgan fingerprint density at radius 1 is 0.456 bits per heavy atom. The fourth-order valence-electron chi connectivity index (χ4n) is 7.56. The zero-order valence-corrected chi connectivity index (χ0v) is 46.7. The fraction of sp³-hybridized carbons (Fsp3) is 0.413. The molecule has 0 bridgehead atoms. The number of halogens is 1. The molecule has 4 N–H and O–H groups in total. The zero-order chi connectivity index (χ0) is 58.5. The van der Waals surface area contributed by atoms with E-state index in [-0.39, 0.29) is 80.1 Å². The molecule has 0 saturated carbocycles. The van der Waals surface area contributed by atoms with Crippen molar-refractivity contribution in [3.05, 3.63) is 178 Å². The van der Waals surface area contributed by atoms with E-state index in [1.807, 2.05) is 66.7 Å². The van der Waals surface area contributed by atoms with Crippen LogP contribution in [-0.4, -0.2) is 114 Å². The number of carbonyl (C=O) groups excluding carboxylic acids is 6. The third-order valence-electron chi connectivity index (χ3n) is 11.4. The van der Waals surface area contributed by atoms with E-state index in [0.717, 1.165) is 97.6 Å². The topological polar surface area (TPSA) is 219 Å². The highest BCUT2D eigenvalue weighted by Gasteiger charge is 2.07. The van der Waals surface area contributed by atoms with Gasteiger partial charge in [0.15, 0.2) is 34.6 Å². The largest absolute Gasteiger partial charge is 0.508 e. The van der Waals surface area contributed by atoms with E-state index in [1.54, 1.807) is 42.5 Å². The van der Waals surface area contributed by atoms with Crippen LogP contribution in [0.4, 0.5) is 10.1 Å². The first-order valence-corrected chi connectivity index (χ1v) is 26.2. The second-order valence-electron chi connectivity index (χ2n) is 18.3. The van der Waals surface area contributed by atoms with Gasteiger partial charge in [0.2, 0.25) is 5.91 Å². The minimum atomic E-state index is -0.428. The molecule has 0 aromatic heterocycles. The summed E-state index contributed by atoms with van der Waals surface area (Å²) < 4.78 is 36.5. The average Bonchev–Trinajstić information content (AvgIpc) is 3.42. The summed E-state index contributed by atoms with van der Waals surface area (Å²) in [5.74, 6) is 0.198. The molecule has 0 radical (unpaired) electrons. The van der Waals surface area contributed by atoms with E-state index < -0.39 is 5.91 Å². The second kappa shape index (κ2) is 44.8. The third kappa shape index (κ3) is 36.6. The summed E-state index contributed by atoms with van der Waals surface area (Å²) in [4.78, 5) is 70.1. The van der Waals surface area contributed by atoms with Gasteiger partial charge in [-0.2, -0.15) is 0 Å². The summed E-state index contributed by atoms with van der Waals surface area (Å²) in [6.07, 6.45) is 10.5. The van der Waals surface area contributed by atoms with Crippen LogP contribution in [0.25, 0.3) is 4.85 Å². The van der Waals surface area contributed by atoms with Crippen molar-refractivity contribution >= 4 is 40.5 Å². The summed E-state index contributed by atoms with van der Waals surface area (Å²) in [6.45, 7) is 7.89. The number of aryl methyl sites for hydroxylation is 5. The number of ketones is 5. The van der Waals surface area contributed by atoms with Crippen molar-refractivity contribution in [2.24, 2.45) is 5.73 Å². The standard InChI is InChI=1S/C13H17NO3.C13H15NO2.C13H18O3.C12H15FO2.C12H16O3/c1-17-9-12(15)7-3-5-10-4-2-6-11(8-10)13(14)16;1-14-12-7-3-5-11(9-12)6-4-8-13(15)10-16-2;1-16-10-13(15)7-3-5-11-4-2-6-12(8-11)9-14;2*1-15-9-12(14)7-3-5-10-4-2-6-11(13)8-10/h2,4,6,8H,3,5,7,9H2,1H3,(H2,14,16);3,5,7,9H,4,6,8,10H2,2H3;2,4,6,8,14H,3,5,7,9-10H2,1H3;2,4,6,8H,3,5,7,9H2,1H3;2,4,6,8,13H,3,5,7,9H2,1H3. The number of hydrogen-bond acceptors (Lipinski definition) is 13. The lowest BCUT2D eigenvalue weighted by Crippen LogP contribution is -2.11. The number of ether oxygens (including phenoxy) is 5. The Bertz CT molecular complexity index is 2530. The first-order valence-electron chi connectivity index (χ1n) is 26.2. The number of aliphatic hydroxyl groups excluding tert-OH is 1. The molecule has 428 valence electrons. The number of phenolic OH excluding ortho intramolecular Hbond substituents is 1. The van der Waals surface area contributed by atoms with Crippen LogP contribution in [0, 0.1) is 12.4 Å². The maximum atomic E-state index is 12.8. The van der Waals surface area contributed by atoms with Crippen LogP contribution in [0.5, 0.6) is 5.75 Å². The van der Waals surface area contributed by atoms with Gasteiger partial charge in [0.1, 0.15) is 44.6 Å². The Hall–Kier alpha value is -7.10. The molecule has 16 heteroatoms. The maximum Gasteiger partial charge on any atom is 0.248 e. The van der Waals surface area contributed by atoms with E-state index in [9.17, 15) is 38.3 Å². The summed E-state index contributed by atoms with van der Waals surface area (Å²) in [6, 6.07) is 36.1. The molecule has 0 unspecified atom stereocenters. The molecule has 0 heterocycles. The number of hydrogen-bond donors (Lipinski definition) is 3. The molecule has 5 aromatic carbocycles. The van der Waals surface area contributed by atoms with Gasteiger partial charge in [0, 0.05) is 73.2 Å². The lowest BCUT2D eigenvalue weighted by molar-refractivity contribution is -0.123. The molecular weight excluding hydrogens is 1010 g/mol. The van der Waals surface area contributed by atoms with Gasteiger partial charge in [0.05, 0.1) is 13.2 Å². The van der Waals surface area contributed by atoms with Crippen molar-refractivity contribution in [3.63, 3.8) is 0 Å². The van der Waals surface area contributed by atoms with Gasteiger partial charge in [-0.25, -0.2) is 9.24 Å². The van der Waals surface area contributed by atoms with Crippen LogP contribution in [0.15, 0.2) is 121 Å². The number of nitrogens with two attached hydrogens (primary N) is 1. The monoisotopic (exact) mass is 1090 g/mol. The molecule has 0 fully saturated rings. The van der Waals surface area contributed by atoms with E-state index >= 15 is 0 Å². The van der Waals surface area contributed by atoms with Crippen LogP contribution < -0.4 is 5.73 Å². The van der Waals surface area contributed by atoms with Gasteiger partial charge in [-0.3, -0.25) is 28.8 Å². The predicted molar refractivity (Wildman–Crippen MR) is 304 cm³/mol. The molecule has 0 atom stereocenters. The Labute approximate surface area is 466 Å². The molecule has 1 amide bonds. The predicted octanol–water partition coefficient (Wildman–Crippen LogP) is 10.1. The van der Waals surface area contributed by atoms with Crippen LogP contribution in [0.3, 0.4) is 0 Å². The normalized spacial score (nSPS) is 10.2. The minimum absolute atomic E-state index is 0.0659. The number of aliphatic hydroxyl groups is 1. The number of carbonyl (C=O) groups is 6. The summed E-state index contributed by atoms with van der Waals surface area (Å²) >= 11 is 0. The summed E-state index contributed by atoms with van der Waals surface area (Å²) in [7, 11) is 7.59. The van der Waals surface area contributed by atoms with E-state index in [1.165, 1.54) is 47.7 Å². The highest BCUT2D eigenvalue weighted by molar-refractivity contribution is 5.92. The molecule has 15 nitrogen and oxygen atoms in total. The van der Waals surface area contributed by atoms with Gasteiger partial charge in [-0.1, -0.05) is 90.5 Å². The third-order valence-corrected chi connectivity index (χ3v) is 11.4. The second-order valence-corrected chi connectivity index (χ2v) is 18.3. The number of benzene rings is 5. The first kappa shape index (κ1) is 69.9. The molecule has 0 saturated heterocycles. The summed E-state index contributed by atoms with van der Waals surface area (Å²) in [5, 5.41) is 18.2. The highest BCUT2D eigenvalue weighted by Crippen LogP contribution is 2.17. The number of aromatic hydroxyl groups is 1. The smallest absolute Gasteiger partial charge is 0.248 e. The SMILES string of the molecule is COCC(=O)CCCc1cccc(C(N)=O)c1.COCC(=O)CCCc1cccc(CO)c1.COCC(=O)CCCc1cccc(F)c1.COCC(=O)CCCc1cccc(O)c1.[C-]#[N+]c1cccc(CCCC(=O)COC)c1. The van der Waals surface area contributed by atoms with Gasteiger partial charge < -0.3 is 39.6 Å². The molecule has 0 aliphatic heterocycles. The van der Waals surface area contributed by atoms with Gasteiger partial charge in [0.25, 0.3) is 0 Å². The lowest BCUT2D eigenvalue weighted by atomic mass is 10.0. The van der Waals surface area contributed by atoms with Gasteiger partial charge >= 0.3 is 0 Å². The van der Waals surface area contributed by atoms with Crippen molar-refractivity contribution in [1.29, 1.82) is 0 Å². The van der Waals surface area contributed by atoms with Gasteiger partial charge in [-0.15, -0.1) is 0 Å². The van der Waals surface area contributed by atoms with Crippen LogP contribution in [0.2, 0.25) is 0 Å². The van der Waals surface area contributed by atoms with E-state index in [0.29, 0.717) is 43.4 Å². The van der Waals surface area contributed by atoms with E-state index in [4.69, 9.17) is 41.1 Å². The molecule has 0 spiro atoms. The van der Waals surface area contributed by atoms with E-state index in [2.05, 4.69) is 4.85 Å². The van der Waals surface area contributed by atoms with Crippen LogP contribution >= 0.6 is 0 Å². The Morgan fingerprint density at radius 3 is 1.15 bits per heavy atom. The van der Waals surface area contributed by atoms with Crippen molar-refractivity contribution in [1.82, 2.24) is 0 Å². The van der Waals surface area contributed by atoms with Crippen molar-refractivity contribution in [2.45, 2.75) is 103 Å². The molecule has 0 aliphatic rings. The minimum Gasteiger partial charge on any atom is -0.508 e. The molecule has 5 aromatic rings. The Morgan fingerprint density at radius 2 is 0.785 bits per heavy atom. The molecule has 5 rings (SSSR count). The number of nitrogens with zero attached hydrogens (tertiary/aromatic N) is 1. The van der Waals surface area contributed by atoms with Crippen LogP contribution in [-0.2, 0) is 86.4 Å². The molecule has 0 aliphatic carbocycles. The van der Waals surface area contributed by atoms with Crippen molar-refractivity contribution in [3.8, 4) is 5.75 Å². The first-order chi connectivity index (χ1) is 38.1. The quantitative estimate of drug-likeness (QED) is 0.0342. The molecule has 79 heavy (non-hydrogen) atoms. The Balaban J connectivity index is 0.000000494. The molecular formula is C63H81FN2O13. The number of phenols is 1. The number of amides is 1. The lowest BCUT2D eigenvalue weighted by Gasteiger charge is -2.03. The number of primary amides is 1. The van der Waals surface area contributed by atoms with Crippen molar-refractivity contribution in [2.75, 3.05) is 68.6 Å². The number of Topliss-reactive ketones (excluding diaryl/α,β-unsaturated/α-hetero) is 5. The fourth-order valence-corrected chi connectivity index (χ4v) is 7.56. The van der Waals surface area contributed by atoms with Crippen molar-refractivity contribution < 1.29 is 67.1 Å². The van der Waals surface area contributed by atoms with Crippen LogP contribution in [0.1, 0.15) is 108 Å². The number of methoxy groups -OCH3 is 5. The highest BCUT2D eigenvalue weighted by atomic mass is 19.1. The average molecular weight is 1090 g/mol. The number of rotatable bonds is 32. The zero-order valence-electron chi connectivity index (χ0n) is 46.7. The summed E-state index contributed by atoms with van der Waals surface area (Å²) in [5.41, 5.74) is 12.5. The maximum absolute atomic E-state index is 12.8. The van der Waals surface area contributed by atoms with Gasteiger partial charge in [-0.05, 0) is 128 Å².